The number of benzene rings is 1. The molecule has 3 atom stereocenters. The Morgan fingerprint density at radius 1 is 1.06 bits per heavy atom. The fraction of sp³-hybridized carbons (Fsp3) is 0.519. The minimum absolute atomic E-state index is 0.0150. The standard InChI is InChI=1S/C27H36N4O2/c1-18-8-6-11-21(16-18)22-13-14-29-23(17-22)24-12-7-15-31(24)27(33)25(30-26(32)19(2)28)20-9-4-3-5-10-20/h6,8,11,13-14,16-17,19-20,24-25H,3-5,7,9-10,12,15,28H2,1-2H3,(H,30,32). The van der Waals surface area contributed by atoms with Crippen LogP contribution in [0.1, 0.15) is 69.2 Å². The van der Waals surface area contributed by atoms with E-state index in [4.69, 9.17) is 5.73 Å². The van der Waals surface area contributed by atoms with Crippen molar-refractivity contribution in [2.24, 2.45) is 11.7 Å². The third kappa shape index (κ3) is 5.44. The Labute approximate surface area is 197 Å². The Morgan fingerprint density at radius 2 is 1.82 bits per heavy atom. The minimum atomic E-state index is -0.633. The average molecular weight is 449 g/mol. The van der Waals surface area contributed by atoms with Gasteiger partial charge in [0.2, 0.25) is 11.8 Å². The smallest absolute Gasteiger partial charge is 0.246 e. The predicted octanol–water partition coefficient (Wildman–Crippen LogP) is 4.13. The quantitative estimate of drug-likeness (QED) is 0.695. The van der Waals surface area contributed by atoms with Crippen molar-refractivity contribution in [1.29, 1.82) is 0 Å². The molecule has 1 saturated heterocycles. The van der Waals surface area contributed by atoms with Gasteiger partial charge in [0.05, 0.1) is 17.8 Å². The molecule has 2 aliphatic rings. The molecule has 33 heavy (non-hydrogen) atoms. The monoisotopic (exact) mass is 448 g/mol. The minimum Gasteiger partial charge on any atom is -0.343 e. The topological polar surface area (TPSA) is 88.3 Å². The third-order valence-electron chi connectivity index (χ3n) is 7.11. The zero-order valence-electron chi connectivity index (χ0n) is 19.8. The van der Waals surface area contributed by atoms with Gasteiger partial charge in [-0.25, -0.2) is 0 Å². The SMILES string of the molecule is Cc1cccc(-c2ccnc(C3CCCN3C(=O)C(NC(=O)C(C)N)C3CCCCC3)c2)c1. The van der Waals surface area contributed by atoms with Crippen LogP contribution in [0.3, 0.4) is 0 Å². The summed E-state index contributed by atoms with van der Waals surface area (Å²) in [6, 6.07) is 11.3. The summed E-state index contributed by atoms with van der Waals surface area (Å²) in [6.07, 6.45) is 8.99. The zero-order valence-corrected chi connectivity index (χ0v) is 19.8. The van der Waals surface area contributed by atoms with Gasteiger partial charge in [0, 0.05) is 12.7 Å². The highest BCUT2D eigenvalue weighted by Gasteiger charge is 2.39. The lowest BCUT2D eigenvalue weighted by Gasteiger charge is -2.35. The summed E-state index contributed by atoms with van der Waals surface area (Å²) in [5.74, 6) is -0.0720. The van der Waals surface area contributed by atoms with Crippen LogP contribution in [0.15, 0.2) is 42.6 Å². The number of likely N-dealkylation sites (tertiary alicyclic amines) is 1. The molecule has 4 rings (SSSR count). The van der Waals surface area contributed by atoms with Gasteiger partial charge in [0.15, 0.2) is 0 Å². The van der Waals surface area contributed by atoms with Crippen molar-refractivity contribution >= 4 is 11.8 Å². The van der Waals surface area contributed by atoms with Crippen molar-refractivity contribution in [3.63, 3.8) is 0 Å². The number of hydrogen-bond acceptors (Lipinski definition) is 4. The van der Waals surface area contributed by atoms with Gasteiger partial charge in [-0.2, -0.15) is 0 Å². The van der Waals surface area contributed by atoms with E-state index in [2.05, 4.69) is 47.6 Å². The summed E-state index contributed by atoms with van der Waals surface area (Å²) in [5.41, 5.74) is 10.2. The third-order valence-corrected chi connectivity index (χ3v) is 7.11. The highest BCUT2D eigenvalue weighted by Crippen LogP contribution is 2.35. The van der Waals surface area contributed by atoms with Crippen molar-refractivity contribution in [3.8, 4) is 11.1 Å². The van der Waals surface area contributed by atoms with Crippen molar-refractivity contribution in [2.45, 2.75) is 76.9 Å². The van der Waals surface area contributed by atoms with E-state index < -0.39 is 12.1 Å². The largest absolute Gasteiger partial charge is 0.343 e. The molecule has 2 aromatic rings. The lowest BCUT2D eigenvalue weighted by Crippen LogP contribution is -2.55. The summed E-state index contributed by atoms with van der Waals surface area (Å²) < 4.78 is 0. The number of aryl methyl sites for hydroxylation is 1. The number of hydrogen-bond donors (Lipinski definition) is 2. The first kappa shape index (κ1) is 23.4. The molecule has 6 heteroatoms. The van der Waals surface area contributed by atoms with E-state index >= 15 is 0 Å². The van der Waals surface area contributed by atoms with E-state index in [0.29, 0.717) is 6.54 Å². The Balaban J connectivity index is 1.59. The van der Waals surface area contributed by atoms with E-state index in [9.17, 15) is 9.59 Å². The molecule has 176 valence electrons. The Morgan fingerprint density at radius 3 is 2.55 bits per heavy atom. The summed E-state index contributed by atoms with van der Waals surface area (Å²) in [5, 5.41) is 3.00. The fourth-order valence-corrected chi connectivity index (χ4v) is 5.28. The number of aromatic nitrogens is 1. The van der Waals surface area contributed by atoms with Crippen LogP contribution in [0.4, 0.5) is 0 Å². The molecule has 2 amide bonds. The van der Waals surface area contributed by atoms with Crippen LogP contribution in [-0.2, 0) is 9.59 Å². The summed E-state index contributed by atoms with van der Waals surface area (Å²) >= 11 is 0. The van der Waals surface area contributed by atoms with Crippen molar-refractivity contribution in [3.05, 3.63) is 53.9 Å². The van der Waals surface area contributed by atoms with Crippen molar-refractivity contribution in [2.75, 3.05) is 6.54 Å². The molecule has 2 fully saturated rings. The number of rotatable bonds is 6. The van der Waals surface area contributed by atoms with Gasteiger partial charge >= 0.3 is 0 Å². The Kier molecular flexibility index (Phi) is 7.43. The zero-order chi connectivity index (χ0) is 23.4. The second kappa shape index (κ2) is 10.5. The van der Waals surface area contributed by atoms with Gasteiger partial charge in [0.25, 0.3) is 0 Å². The molecule has 2 heterocycles. The molecule has 6 nitrogen and oxygen atoms in total. The molecule has 1 saturated carbocycles. The average Bonchev–Trinajstić information content (AvgIpc) is 3.32. The molecule has 1 aromatic heterocycles. The van der Waals surface area contributed by atoms with E-state index in [1.807, 2.05) is 17.2 Å². The number of pyridine rings is 1. The number of nitrogens with zero attached hydrogens (tertiary/aromatic N) is 2. The van der Waals surface area contributed by atoms with Crippen LogP contribution < -0.4 is 11.1 Å². The predicted molar refractivity (Wildman–Crippen MR) is 130 cm³/mol. The number of nitrogens with one attached hydrogen (secondary N) is 1. The van der Waals surface area contributed by atoms with E-state index in [0.717, 1.165) is 55.3 Å². The van der Waals surface area contributed by atoms with Crippen molar-refractivity contribution < 1.29 is 9.59 Å². The molecule has 3 unspecified atom stereocenters. The highest BCUT2D eigenvalue weighted by molar-refractivity contribution is 5.90. The second-order valence-corrected chi connectivity index (χ2v) is 9.70. The van der Waals surface area contributed by atoms with Crippen LogP contribution >= 0.6 is 0 Å². The first-order chi connectivity index (χ1) is 15.9. The first-order valence-electron chi connectivity index (χ1n) is 12.3. The number of carbonyl (C=O) groups is 2. The van der Waals surface area contributed by atoms with E-state index in [1.54, 1.807) is 6.92 Å². The lowest BCUT2D eigenvalue weighted by atomic mass is 9.83. The molecular weight excluding hydrogens is 412 g/mol. The second-order valence-electron chi connectivity index (χ2n) is 9.70. The Bertz CT molecular complexity index is 984. The van der Waals surface area contributed by atoms with Crippen LogP contribution in [0.2, 0.25) is 0 Å². The maximum atomic E-state index is 13.8. The number of carbonyl (C=O) groups excluding carboxylic acids is 2. The van der Waals surface area contributed by atoms with E-state index in [1.165, 1.54) is 12.0 Å². The van der Waals surface area contributed by atoms with Crippen molar-refractivity contribution in [1.82, 2.24) is 15.2 Å². The molecule has 1 aliphatic heterocycles. The lowest BCUT2D eigenvalue weighted by molar-refractivity contribution is -0.139. The van der Waals surface area contributed by atoms with Crippen LogP contribution in [0.5, 0.6) is 0 Å². The van der Waals surface area contributed by atoms with Gasteiger partial charge in [-0.15, -0.1) is 0 Å². The van der Waals surface area contributed by atoms with Gasteiger partial charge < -0.3 is 16.0 Å². The maximum absolute atomic E-state index is 13.8. The van der Waals surface area contributed by atoms with Crippen LogP contribution in [-0.4, -0.2) is 40.3 Å². The molecular formula is C27H36N4O2. The Hall–Kier alpha value is -2.73. The normalized spacial score (nSPS) is 20.9. The maximum Gasteiger partial charge on any atom is 0.246 e. The van der Waals surface area contributed by atoms with Gasteiger partial charge in [-0.3, -0.25) is 14.6 Å². The summed E-state index contributed by atoms with van der Waals surface area (Å²) in [7, 11) is 0. The molecule has 0 radical (unpaired) electrons. The first-order valence-corrected chi connectivity index (χ1v) is 12.3. The number of amides is 2. The molecule has 1 aliphatic carbocycles. The fourth-order valence-electron chi connectivity index (χ4n) is 5.28. The van der Waals surface area contributed by atoms with Gasteiger partial charge in [0.1, 0.15) is 6.04 Å². The van der Waals surface area contributed by atoms with Gasteiger partial charge in [-0.05, 0) is 68.7 Å². The number of nitrogens with two attached hydrogens (primary N) is 1. The van der Waals surface area contributed by atoms with Crippen LogP contribution in [0.25, 0.3) is 11.1 Å². The van der Waals surface area contributed by atoms with E-state index in [-0.39, 0.29) is 23.8 Å². The molecule has 3 N–H and O–H groups in total. The summed E-state index contributed by atoms with van der Waals surface area (Å²) in [6.45, 7) is 4.44. The highest BCUT2D eigenvalue weighted by atomic mass is 16.2. The molecule has 0 bridgehead atoms. The molecule has 1 aromatic carbocycles. The summed E-state index contributed by atoms with van der Waals surface area (Å²) in [4.78, 5) is 32.9. The van der Waals surface area contributed by atoms with Crippen LogP contribution in [0, 0.1) is 12.8 Å². The van der Waals surface area contributed by atoms with Gasteiger partial charge in [-0.1, -0.05) is 49.1 Å². The molecule has 0 spiro atoms.